The number of halogens is 1. The molecular weight excluding hydrogens is 302 g/mol. The summed E-state index contributed by atoms with van der Waals surface area (Å²) in [5.41, 5.74) is 7.34. The van der Waals surface area contributed by atoms with Crippen molar-refractivity contribution in [2.45, 2.75) is 0 Å². The number of amidine groups is 1. The van der Waals surface area contributed by atoms with Gasteiger partial charge in [-0.1, -0.05) is 5.16 Å². The Bertz CT molecular complexity index is 412. The van der Waals surface area contributed by atoms with E-state index in [0.717, 1.165) is 22.5 Å². The summed E-state index contributed by atoms with van der Waals surface area (Å²) < 4.78 is 0.821. The first-order valence-electron chi connectivity index (χ1n) is 5.07. The average molecular weight is 318 g/mol. The van der Waals surface area contributed by atoms with Gasteiger partial charge >= 0.3 is 0 Å². The van der Waals surface area contributed by atoms with Crippen LogP contribution in [0.15, 0.2) is 27.8 Å². The van der Waals surface area contributed by atoms with Gasteiger partial charge in [0.15, 0.2) is 5.84 Å². The molecule has 0 aliphatic heterocycles. The second kappa shape index (κ2) is 6.76. The summed E-state index contributed by atoms with van der Waals surface area (Å²) in [6.07, 6.45) is 2.09. The Labute approximate surface area is 114 Å². The minimum Gasteiger partial charge on any atom is -0.409 e. The topological polar surface area (TPSA) is 61.8 Å². The third-order valence-corrected chi connectivity index (χ3v) is 3.65. The van der Waals surface area contributed by atoms with Crippen molar-refractivity contribution >= 4 is 39.2 Å². The van der Waals surface area contributed by atoms with Crippen LogP contribution < -0.4 is 10.6 Å². The van der Waals surface area contributed by atoms with Gasteiger partial charge in [0, 0.05) is 35.1 Å². The van der Waals surface area contributed by atoms with Crippen molar-refractivity contribution in [3.05, 3.63) is 28.2 Å². The summed E-state index contributed by atoms with van der Waals surface area (Å²) in [7, 11) is 2.04. The normalized spacial score (nSPS) is 11.6. The molecule has 0 aromatic heterocycles. The lowest BCUT2D eigenvalue weighted by Gasteiger charge is -2.19. The van der Waals surface area contributed by atoms with Crippen LogP contribution in [0, 0.1) is 0 Å². The van der Waals surface area contributed by atoms with Crippen LogP contribution in [0.3, 0.4) is 0 Å². The molecule has 0 saturated carbocycles. The maximum atomic E-state index is 8.64. The van der Waals surface area contributed by atoms with Gasteiger partial charge in [0.25, 0.3) is 0 Å². The van der Waals surface area contributed by atoms with E-state index in [9.17, 15) is 0 Å². The molecule has 0 unspecified atom stereocenters. The van der Waals surface area contributed by atoms with Crippen molar-refractivity contribution in [3.63, 3.8) is 0 Å². The molecule has 0 heterocycles. The van der Waals surface area contributed by atoms with Gasteiger partial charge in [0.1, 0.15) is 0 Å². The number of hydrogen-bond donors (Lipinski definition) is 2. The van der Waals surface area contributed by atoms with Gasteiger partial charge in [-0.2, -0.15) is 11.8 Å². The molecule has 0 radical (unpaired) electrons. The fourth-order valence-electron chi connectivity index (χ4n) is 1.36. The zero-order chi connectivity index (χ0) is 12.8. The molecule has 0 saturated heterocycles. The number of rotatable bonds is 5. The van der Waals surface area contributed by atoms with Crippen LogP contribution in [0.4, 0.5) is 5.69 Å². The molecule has 94 valence electrons. The van der Waals surface area contributed by atoms with Gasteiger partial charge in [-0.3, -0.25) is 0 Å². The largest absolute Gasteiger partial charge is 0.409 e. The molecule has 0 aliphatic carbocycles. The predicted octanol–water partition coefficient (Wildman–Crippen LogP) is 2.34. The molecular formula is C11H16BrN3OS. The second-order valence-corrected chi connectivity index (χ2v) is 5.40. The number of nitrogens with two attached hydrogens (primary N) is 1. The molecule has 0 atom stereocenters. The molecule has 17 heavy (non-hydrogen) atoms. The van der Waals surface area contributed by atoms with Crippen LogP contribution in [0.25, 0.3) is 0 Å². The lowest BCUT2D eigenvalue weighted by atomic mass is 10.2. The highest BCUT2D eigenvalue weighted by molar-refractivity contribution is 9.10. The van der Waals surface area contributed by atoms with Crippen LogP contribution in [0.5, 0.6) is 0 Å². The standard InChI is InChI=1S/C11H16BrN3OS/c1-15(5-6-17-2)8-3-4-9(10(12)7-8)11(13)14-16/h3-4,7,16H,5-6H2,1-2H3,(H2,13,14). The molecule has 3 N–H and O–H groups in total. The molecule has 0 amide bonds. The van der Waals surface area contributed by atoms with Crippen LogP contribution in [-0.4, -0.2) is 36.6 Å². The molecule has 1 aromatic rings. The SMILES string of the molecule is CSCCN(C)c1ccc(/C(N)=N/O)c(Br)c1. The Kier molecular flexibility index (Phi) is 5.64. The van der Waals surface area contributed by atoms with Crippen molar-refractivity contribution in [3.8, 4) is 0 Å². The van der Waals surface area contributed by atoms with Gasteiger partial charge in [-0.25, -0.2) is 0 Å². The van der Waals surface area contributed by atoms with Crippen molar-refractivity contribution in [2.24, 2.45) is 10.9 Å². The molecule has 6 heteroatoms. The molecule has 0 fully saturated rings. The monoisotopic (exact) mass is 317 g/mol. The molecule has 1 rings (SSSR count). The number of anilines is 1. The van der Waals surface area contributed by atoms with Crippen molar-refractivity contribution in [1.29, 1.82) is 0 Å². The molecule has 0 bridgehead atoms. The lowest BCUT2D eigenvalue weighted by molar-refractivity contribution is 0.318. The average Bonchev–Trinajstić information content (AvgIpc) is 2.34. The summed E-state index contributed by atoms with van der Waals surface area (Å²) in [5.74, 6) is 1.19. The van der Waals surface area contributed by atoms with Crippen LogP contribution >= 0.6 is 27.7 Å². The van der Waals surface area contributed by atoms with E-state index in [1.54, 1.807) is 0 Å². The number of thioether (sulfide) groups is 1. The first-order valence-corrected chi connectivity index (χ1v) is 7.26. The quantitative estimate of drug-likeness (QED) is 0.379. The van der Waals surface area contributed by atoms with Crippen molar-refractivity contribution in [1.82, 2.24) is 0 Å². The Morgan fingerprint density at radius 3 is 2.82 bits per heavy atom. The Morgan fingerprint density at radius 1 is 1.59 bits per heavy atom. The van der Waals surface area contributed by atoms with Gasteiger partial charge < -0.3 is 15.8 Å². The maximum Gasteiger partial charge on any atom is 0.171 e. The zero-order valence-electron chi connectivity index (χ0n) is 9.85. The molecule has 1 aromatic carbocycles. The van der Waals surface area contributed by atoms with Crippen molar-refractivity contribution in [2.75, 3.05) is 30.5 Å². The predicted molar refractivity (Wildman–Crippen MR) is 78.3 cm³/mol. The number of benzene rings is 1. The number of hydrogen-bond acceptors (Lipinski definition) is 4. The Hall–Kier alpha value is -0.880. The van der Waals surface area contributed by atoms with Gasteiger partial charge in [-0.15, -0.1) is 0 Å². The van der Waals surface area contributed by atoms with E-state index < -0.39 is 0 Å². The smallest absolute Gasteiger partial charge is 0.171 e. The summed E-state index contributed by atoms with van der Waals surface area (Å²) in [6.45, 7) is 0.983. The second-order valence-electron chi connectivity index (χ2n) is 3.56. The third-order valence-electron chi connectivity index (χ3n) is 2.41. The first-order chi connectivity index (χ1) is 8.10. The van der Waals surface area contributed by atoms with E-state index in [2.05, 4.69) is 32.2 Å². The summed E-state index contributed by atoms with van der Waals surface area (Å²) >= 11 is 5.24. The minimum atomic E-state index is 0.107. The van der Waals surface area contributed by atoms with Gasteiger partial charge in [-0.05, 0) is 40.4 Å². The van der Waals surface area contributed by atoms with Crippen LogP contribution in [0.1, 0.15) is 5.56 Å². The van der Waals surface area contributed by atoms with E-state index in [0.29, 0.717) is 5.56 Å². The number of oxime groups is 1. The summed E-state index contributed by atoms with van der Waals surface area (Å²) in [5, 5.41) is 11.6. The van der Waals surface area contributed by atoms with E-state index >= 15 is 0 Å². The van der Waals surface area contributed by atoms with Crippen molar-refractivity contribution < 1.29 is 5.21 Å². The van der Waals surface area contributed by atoms with E-state index in [-0.39, 0.29) is 5.84 Å². The molecule has 0 aliphatic rings. The minimum absolute atomic E-state index is 0.107. The van der Waals surface area contributed by atoms with Gasteiger partial charge in [0.2, 0.25) is 0 Å². The van der Waals surface area contributed by atoms with E-state index in [1.807, 2.05) is 37.0 Å². The maximum absolute atomic E-state index is 8.64. The highest BCUT2D eigenvalue weighted by atomic mass is 79.9. The lowest BCUT2D eigenvalue weighted by Crippen LogP contribution is -2.20. The highest BCUT2D eigenvalue weighted by Crippen LogP contribution is 2.23. The third kappa shape index (κ3) is 3.81. The van der Waals surface area contributed by atoms with Crippen LogP contribution in [-0.2, 0) is 0 Å². The Morgan fingerprint density at radius 2 is 2.29 bits per heavy atom. The van der Waals surface area contributed by atoms with Crippen LogP contribution in [0.2, 0.25) is 0 Å². The Balaban J connectivity index is 2.88. The van der Waals surface area contributed by atoms with Gasteiger partial charge in [0.05, 0.1) is 0 Å². The fraction of sp³-hybridized carbons (Fsp3) is 0.364. The van der Waals surface area contributed by atoms with E-state index in [4.69, 9.17) is 10.9 Å². The van der Waals surface area contributed by atoms with E-state index in [1.165, 1.54) is 0 Å². The summed E-state index contributed by atoms with van der Waals surface area (Å²) in [4.78, 5) is 2.16. The first kappa shape index (κ1) is 14.2. The molecule has 4 nitrogen and oxygen atoms in total. The molecule has 0 spiro atoms. The zero-order valence-corrected chi connectivity index (χ0v) is 12.3. The number of nitrogens with zero attached hydrogens (tertiary/aromatic N) is 2. The highest BCUT2D eigenvalue weighted by Gasteiger charge is 2.08. The fourth-order valence-corrected chi connectivity index (χ4v) is 2.39. The summed E-state index contributed by atoms with van der Waals surface area (Å²) in [6, 6.07) is 5.76.